The molecule has 3 aromatic carbocycles. The SMILES string of the molecule is CCc1ccc(OCC(=O)N(Cc2ccccc2Cl)C(Cc2ccccc2)C(=O)NCC(C)C)c(Br)c1. The molecule has 0 aliphatic heterocycles. The van der Waals surface area contributed by atoms with Crippen molar-refractivity contribution in [2.75, 3.05) is 13.2 Å². The van der Waals surface area contributed by atoms with Crippen LogP contribution in [-0.4, -0.2) is 35.9 Å². The number of nitrogens with zero attached hydrogens (tertiary/aromatic N) is 1. The van der Waals surface area contributed by atoms with Crippen LogP contribution in [0.15, 0.2) is 77.3 Å². The number of aryl methyl sites for hydroxylation is 1. The van der Waals surface area contributed by atoms with Gasteiger partial charge in [0.2, 0.25) is 5.91 Å². The van der Waals surface area contributed by atoms with Crippen molar-refractivity contribution in [1.29, 1.82) is 0 Å². The van der Waals surface area contributed by atoms with E-state index in [0.717, 1.165) is 27.6 Å². The summed E-state index contributed by atoms with van der Waals surface area (Å²) in [6.07, 6.45) is 1.27. The number of nitrogens with one attached hydrogen (secondary N) is 1. The summed E-state index contributed by atoms with van der Waals surface area (Å²) in [5.41, 5.74) is 2.89. The largest absolute Gasteiger partial charge is 0.483 e. The first kappa shape index (κ1) is 28.7. The Kier molecular flexibility index (Phi) is 11.0. The number of hydrogen-bond donors (Lipinski definition) is 1. The van der Waals surface area contributed by atoms with E-state index in [9.17, 15) is 9.59 Å². The maximum absolute atomic E-state index is 13.7. The maximum atomic E-state index is 13.7. The molecule has 0 aliphatic rings. The highest BCUT2D eigenvalue weighted by Crippen LogP contribution is 2.27. The molecule has 0 spiro atoms. The van der Waals surface area contributed by atoms with Crippen LogP contribution in [0.4, 0.5) is 0 Å². The number of hydrogen-bond acceptors (Lipinski definition) is 3. The molecule has 2 amide bonds. The van der Waals surface area contributed by atoms with Crippen molar-refractivity contribution < 1.29 is 14.3 Å². The third kappa shape index (κ3) is 8.61. The van der Waals surface area contributed by atoms with Gasteiger partial charge < -0.3 is 15.0 Å². The molecule has 196 valence electrons. The van der Waals surface area contributed by atoms with Crippen LogP contribution < -0.4 is 10.1 Å². The van der Waals surface area contributed by atoms with Crippen LogP contribution in [0.3, 0.4) is 0 Å². The first-order valence-electron chi connectivity index (χ1n) is 12.5. The predicted octanol–water partition coefficient (Wildman–Crippen LogP) is 6.46. The molecule has 0 fully saturated rings. The molecule has 0 aliphatic carbocycles. The standard InChI is InChI=1S/C30H34BrClN2O3/c1-4-22-14-15-28(25(31)16-22)37-20-29(35)34(19-24-12-8-9-13-26(24)32)27(30(36)33-18-21(2)3)17-23-10-6-5-7-11-23/h5-16,21,27H,4,17-20H2,1-3H3,(H,33,36). The van der Waals surface area contributed by atoms with Gasteiger partial charge in [-0.3, -0.25) is 9.59 Å². The molecule has 5 nitrogen and oxygen atoms in total. The Bertz CT molecular complexity index is 1190. The molecular formula is C30H34BrClN2O3. The molecule has 0 aromatic heterocycles. The van der Waals surface area contributed by atoms with Crippen molar-refractivity contribution in [2.24, 2.45) is 5.92 Å². The fourth-order valence-corrected chi connectivity index (χ4v) is 4.63. The van der Waals surface area contributed by atoms with Gasteiger partial charge in [0.15, 0.2) is 6.61 Å². The second kappa shape index (κ2) is 14.2. The van der Waals surface area contributed by atoms with Gasteiger partial charge in [0.1, 0.15) is 11.8 Å². The zero-order chi connectivity index (χ0) is 26.8. The van der Waals surface area contributed by atoms with E-state index in [1.807, 2.05) is 80.6 Å². The van der Waals surface area contributed by atoms with E-state index < -0.39 is 6.04 Å². The topological polar surface area (TPSA) is 58.6 Å². The summed E-state index contributed by atoms with van der Waals surface area (Å²) in [6, 6.07) is 22.2. The lowest BCUT2D eigenvalue weighted by molar-refractivity contribution is -0.142. The summed E-state index contributed by atoms with van der Waals surface area (Å²) in [5.74, 6) is 0.353. The van der Waals surface area contributed by atoms with E-state index in [1.54, 1.807) is 11.0 Å². The van der Waals surface area contributed by atoms with Crippen LogP contribution in [0, 0.1) is 5.92 Å². The van der Waals surface area contributed by atoms with Crippen LogP contribution in [-0.2, 0) is 29.0 Å². The molecule has 1 N–H and O–H groups in total. The van der Waals surface area contributed by atoms with Crippen LogP contribution in [0.25, 0.3) is 0 Å². The number of carbonyl (C=O) groups is 2. The third-order valence-corrected chi connectivity index (χ3v) is 7.00. The minimum Gasteiger partial charge on any atom is -0.483 e. The zero-order valence-corrected chi connectivity index (χ0v) is 23.9. The smallest absolute Gasteiger partial charge is 0.261 e. The van der Waals surface area contributed by atoms with Gasteiger partial charge in [0.05, 0.1) is 4.47 Å². The van der Waals surface area contributed by atoms with E-state index in [2.05, 4.69) is 28.2 Å². The molecule has 0 radical (unpaired) electrons. The highest BCUT2D eigenvalue weighted by Gasteiger charge is 2.31. The van der Waals surface area contributed by atoms with Crippen LogP contribution >= 0.6 is 27.5 Å². The van der Waals surface area contributed by atoms with Crippen LogP contribution in [0.5, 0.6) is 5.75 Å². The van der Waals surface area contributed by atoms with Crippen LogP contribution in [0.1, 0.15) is 37.5 Å². The molecular weight excluding hydrogens is 552 g/mol. The second-order valence-electron chi connectivity index (χ2n) is 9.36. The first-order chi connectivity index (χ1) is 17.8. The minimum atomic E-state index is -0.737. The highest BCUT2D eigenvalue weighted by atomic mass is 79.9. The molecule has 0 bridgehead atoms. The van der Waals surface area contributed by atoms with E-state index in [0.29, 0.717) is 23.7 Å². The zero-order valence-electron chi connectivity index (χ0n) is 21.5. The molecule has 1 atom stereocenters. The molecule has 0 saturated heterocycles. The number of amides is 2. The van der Waals surface area contributed by atoms with Gasteiger partial charge >= 0.3 is 0 Å². The maximum Gasteiger partial charge on any atom is 0.261 e. The Labute approximate surface area is 233 Å². The van der Waals surface area contributed by atoms with Gasteiger partial charge in [0, 0.05) is 24.5 Å². The summed E-state index contributed by atoms with van der Waals surface area (Å²) in [6.45, 7) is 6.64. The highest BCUT2D eigenvalue weighted by molar-refractivity contribution is 9.10. The quantitative estimate of drug-likeness (QED) is 0.266. The average molecular weight is 586 g/mol. The Morgan fingerprint density at radius 3 is 2.35 bits per heavy atom. The average Bonchev–Trinajstić information content (AvgIpc) is 2.89. The van der Waals surface area contributed by atoms with Crippen molar-refractivity contribution in [3.8, 4) is 5.75 Å². The summed E-state index contributed by atoms with van der Waals surface area (Å²) >= 11 is 10.0. The fourth-order valence-electron chi connectivity index (χ4n) is 3.89. The fraction of sp³-hybridized carbons (Fsp3) is 0.333. The number of rotatable bonds is 12. The van der Waals surface area contributed by atoms with Crippen molar-refractivity contribution >= 4 is 39.3 Å². The summed E-state index contributed by atoms with van der Waals surface area (Å²) < 4.78 is 6.71. The van der Waals surface area contributed by atoms with Gasteiger partial charge in [-0.25, -0.2) is 0 Å². The van der Waals surface area contributed by atoms with E-state index in [-0.39, 0.29) is 30.9 Å². The summed E-state index contributed by atoms with van der Waals surface area (Å²) in [7, 11) is 0. The normalized spacial score (nSPS) is 11.7. The number of ether oxygens (including phenoxy) is 1. The van der Waals surface area contributed by atoms with Crippen molar-refractivity contribution in [3.63, 3.8) is 0 Å². The molecule has 37 heavy (non-hydrogen) atoms. The first-order valence-corrected chi connectivity index (χ1v) is 13.7. The molecule has 0 heterocycles. The van der Waals surface area contributed by atoms with E-state index >= 15 is 0 Å². The molecule has 0 saturated carbocycles. The third-order valence-electron chi connectivity index (χ3n) is 6.01. The summed E-state index contributed by atoms with van der Waals surface area (Å²) in [4.78, 5) is 28.8. The number of carbonyl (C=O) groups excluding carboxylic acids is 2. The van der Waals surface area contributed by atoms with Gasteiger partial charge in [-0.05, 0) is 63.2 Å². The molecule has 1 unspecified atom stereocenters. The Hall–Kier alpha value is -2.83. The summed E-state index contributed by atoms with van der Waals surface area (Å²) in [5, 5.41) is 3.56. The van der Waals surface area contributed by atoms with Gasteiger partial charge in [-0.2, -0.15) is 0 Å². The van der Waals surface area contributed by atoms with Crippen LogP contribution in [0.2, 0.25) is 5.02 Å². The molecule has 3 rings (SSSR count). The second-order valence-corrected chi connectivity index (χ2v) is 10.6. The van der Waals surface area contributed by atoms with Crippen molar-refractivity contribution in [2.45, 2.75) is 46.2 Å². The van der Waals surface area contributed by atoms with E-state index in [4.69, 9.17) is 16.3 Å². The monoisotopic (exact) mass is 584 g/mol. The van der Waals surface area contributed by atoms with E-state index in [1.165, 1.54) is 0 Å². The number of halogens is 2. The molecule has 3 aromatic rings. The van der Waals surface area contributed by atoms with Crippen molar-refractivity contribution in [3.05, 3.63) is 99.0 Å². The lowest BCUT2D eigenvalue weighted by atomic mass is 10.0. The Morgan fingerprint density at radius 1 is 1.00 bits per heavy atom. The van der Waals surface area contributed by atoms with Crippen molar-refractivity contribution in [1.82, 2.24) is 10.2 Å². The lowest BCUT2D eigenvalue weighted by Gasteiger charge is -2.32. The predicted molar refractivity (Wildman–Crippen MR) is 153 cm³/mol. The number of benzene rings is 3. The Morgan fingerprint density at radius 2 is 1.70 bits per heavy atom. The van der Waals surface area contributed by atoms with Gasteiger partial charge in [-0.1, -0.05) is 87.0 Å². The minimum absolute atomic E-state index is 0.185. The lowest BCUT2D eigenvalue weighted by Crippen LogP contribution is -2.52. The van der Waals surface area contributed by atoms with Gasteiger partial charge in [-0.15, -0.1) is 0 Å². The van der Waals surface area contributed by atoms with Gasteiger partial charge in [0.25, 0.3) is 5.91 Å². The molecule has 7 heteroatoms. The Balaban J connectivity index is 1.91.